The van der Waals surface area contributed by atoms with Crippen LogP contribution in [0.2, 0.25) is 0 Å². The zero-order valence-corrected chi connectivity index (χ0v) is 11.8. The molecule has 0 bridgehead atoms. The van der Waals surface area contributed by atoms with E-state index < -0.39 is 31.5 Å². The van der Waals surface area contributed by atoms with Crippen molar-refractivity contribution in [3.63, 3.8) is 0 Å². The van der Waals surface area contributed by atoms with Crippen LogP contribution in [0, 0.1) is 40.4 Å². The van der Waals surface area contributed by atoms with Crippen molar-refractivity contribution >= 4 is 31.5 Å². The van der Waals surface area contributed by atoms with Crippen molar-refractivity contribution in [1.82, 2.24) is 0 Å². The zero-order chi connectivity index (χ0) is 13.5. The number of rotatable bonds is 0. The predicted octanol–water partition coefficient (Wildman–Crippen LogP) is -1.75. The Morgan fingerprint density at radius 1 is 0.562 bits per heavy atom. The van der Waals surface area contributed by atoms with Gasteiger partial charge in [-0.05, 0) is 0 Å². The van der Waals surface area contributed by atoms with Gasteiger partial charge in [0.25, 0.3) is 31.5 Å². The predicted molar refractivity (Wildman–Crippen MR) is 32.4 cm³/mol. The van der Waals surface area contributed by atoms with Gasteiger partial charge in [0.05, 0.1) is 0 Å². The van der Waals surface area contributed by atoms with Gasteiger partial charge in [0.1, 0.15) is 0 Å². The molecule has 1 radical (unpaired) electrons. The molecule has 16 heavy (non-hydrogen) atoms. The van der Waals surface area contributed by atoms with Gasteiger partial charge in [0, 0.05) is 40.4 Å². The van der Waals surface area contributed by atoms with Gasteiger partial charge in [0.2, 0.25) is 0 Å². The van der Waals surface area contributed by atoms with Gasteiger partial charge in [-0.1, -0.05) is 0 Å². The Balaban J connectivity index is -0.0000000655. The normalized spacial score (nSPS) is 10.9. The van der Waals surface area contributed by atoms with E-state index in [1.807, 2.05) is 0 Å². The molecule has 0 rings (SSSR count). The summed E-state index contributed by atoms with van der Waals surface area (Å²) in [5, 5.41) is 0. The summed E-state index contributed by atoms with van der Waals surface area (Å²) in [7, 11) is -16.2. The Morgan fingerprint density at radius 2 is 0.562 bits per heavy atom. The summed E-state index contributed by atoms with van der Waals surface area (Å²) >= 11 is 0. The van der Waals surface area contributed by atoms with E-state index in [0.29, 0.717) is 0 Å². The van der Waals surface area contributed by atoms with Crippen molar-refractivity contribution in [2.75, 3.05) is 0 Å². The van der Waals surface area contributed by atoms with E-state index in [1.165, 1.54) is 0 Å². The van der Waals surface area contributed by atoms with Gasteiger partial charge in [-0.25, -0.2) is 25.3 Å². The summed E-state index contributed by atoms with van der Waals surface area (Å²) in [4.78, 5) is 0. The van der Waals surface area contributed by atoms with Crippen LogP contribution in [0.15, 0.2) is 0 Å². The standard InChI is InChI=1S/3FHO3S.Pm/c3*1-5(2,3)4;/h3*(H,2,3,4);/p-3. The van der Waals surface area contributed by atoms with Crippen LogP contribution < -0.4 is 0 Å². The van der Waals surface area contributed by atoms with Crippen LogP contribution in [0.25, 0.3) is 0 Å². The Bertz CT molecular complexity index is 347. The molecular weight excluding hydrogens is 442 g/mol. The first kappa shape index (κ1) is 25.6. The minimum Gasteiger partial charge on any atom is -0.722 e. The average molecular weight is 442 g/mol. The molecule has 0 saturated heterocycles. The third-order valence-corrected chi connectivity index (χ3v) is 0. The molecule has 0 saturated carbocycles. The number of hydrogen-bond donors (Lipinski definition) is 0. The van der Waals surface area contributed by atoms with Crippen molar-refractivity contribution in [3.8, 4) is 0 Å². The fourth-order valence-corrected chi connectivity index (χ4v) is 0. The van der Waals surface area contributed by atoms with E-state index in [0.717, 1.165) is 0 Å². The average Bonchev–Trinajstić information content (AvgIpc) is 1.41. The fraction of sp³-hybridized carbons (Fsp3) is 0. The van der Waals surface area contributed by atoms with Crippen molar-refractivity contribution in [3.05, 3.63) is 0 Å². The number of hydrogen-bond acceptors (Lipinski definition) is 9. The van der Waals surface area contributed by atoms with Crippen molar-refractivity contribution < 1.29 is 91.0 Å². The molecule has 0 spiro atoms. The van der Waals surface area contributed by atoms with E-state index in [2.05, 4.69) is 0 Å². The Morgan fingerprint density at radius 3 is 0.562 bits per heavy atom. The summed E-state index contributed by atoms with van der Waals surface area (Å²) in [6.07, 6.45) is 0. The largest absolute Gasteiger partial charge is 0.722 e. The first-order valence-electron chi connectivity index (χ1n) is 1.96. The molecule has 101 valence electrons. The molecule has 0 amide bonds. The summed E-state index contributed by atoms with van der Waals surface area (Å²) in [5.41, 5.74) is 0. The topological polar surface area (TPSA) is 172 Å². The number of halogens is 3. The Hall–Kier alpha value is 0.858. The van der Waals surface area contributed by atoms with Crippen LogP contribution in [0.4, 0.5) is 11.7 Å². The van der Waals surface area contributed by atoms with Gasteiger partial charge >= 0.3 is 0 Å². The fourth-order valence-electron chi connectivity index (χ4n) is 0. The molecule has 0 heterocycles. The smallest absolute Gasteiger partial charge is 0.255 e. The monoisotopic (exact) mass is 442 g/mol. The first-order valence-corrected chi connectivity index (χ1v) is 5.89. The van der Waals surface area contributed by atoms with E-state index in [-0.39, 0.29) is 40.4 Å². The quantitative estimate of drug-likeness (QED) is 0.311. The molecule has 0 aliphatic rings. The van der Waals surface area contributed by atoms with E-state index in [4.69, 9.17) is 38.9 Å². The summed E-state index contributed by atoms with van der Waals surface area (Å²) < 4.78 is 106. The Kier molecular flexibility index (Phi) is 15.8. The van der Waals surface area contributed by atoms with Crippen molar-refractivity contribution in [1.29, 1.82) is 0 Å². The summed E-state index contributed by atoms with van der Waals surface area (Å²) in [6, 6.07) is 0. The second-order valence-electron chi connectivity index (χ2n) is 1.18. The summed E-state index contributed by atoms with van der Waals surface area (Å²) in [5.74, 6) is 0. The van der Waals surface area contributed by atoms with Crippen LogP contribution in [0.3, 0.4) is 0 Å². The molecule has 0 aromatic carbocycles. The molecule has 0 aliphatic heterocycles. The molecular formula is F3O9PmS3-3. The maximum atomic E-state index is 10.1. The SMILES string of the molecule is O=S(=O)([O-])F.O=S(=O)([O-])F.O=S(=O)([O-])F.[Pm]. The molecule has 0 unspecified atom stereocenters. The van der Waals surface area contributed by atoms with Crippen LogP contribution in [-0.4, -0.2) is 38.9 Å². The molecule has 0 aromatic heterocycles. The minimum absolute atomic E-state index is 0. The van der Waals surface area contributed by atoms with Gasteiger partial charge in [-0.3, -0.25) is 0 Å². The van der Waals surface area contributed by atoms with Crippen molar-refractivity contribution in [2.45, 2.75) is 0 Å². The van der Waals surface area contributed by atoms with Gasteiger partial charge in [0.15, 0.2) is 0 Å². The van der Waals surface area contributed by atoms with Crippen LogP contribution in [0.5, 0.6) is 0 Å². The van der Waals surface area contributed by atoms with Gasteiger partial charge in [-0.2, -0.15) is 0 Å². The molecule has 16 heteroatoms. The van der Waals surface area contributed by atoms with E-state index in [1.54, 1.807) is 0 Å². The third-order valence-electron chi connectivity index (χ3n) is 0. The van der Waals surface area contributed by atoms with E-state index >= 15 is 0 Å². The first-order chi connectivity index (χ1) is 6.00. The maximum absolute atomic E-state index is 10.1. The molecule has 0 fully saturated rings. The van der Waals surface area contributed by atoms with E-state index in [9.17, 15) is 11.7 Å². The molecule has 0 atom stereocenters. The van der Waals surface area contributed by atoms with Gasteiger partial charge in [-0.15, -0.1) is 11.7 Å². The maximum Gasteiger partial charge on any atom is 0.255 e. The zero-order valence-electron chi connectivity index (χ0n) is 6.48. The molecule has 0 aromatic rings. The second-order valence-corrected chi connectivity index (χ2v) is 3.54. The molecule has 9 nitrogen and oxygen atoms in total. The van der Waals surface area contributed by atoms with Crippen LogP contribution >= 0.6 is 0 Å². The third kappa shape index (κ3) is 3880. The molecule has 0 N–H and O–H groups in total. The molecule has 0 aliphatic carbocycles. The second kappa shape index (κ2) is 9.84. The minimum atomic E-state index is -5.42. The summed E-state index contributed by atoms with van der Waals surface area (Å²) in [6.45, 7) is 0. The van der Waals surface area contributed by atoms with Crippen LogP contribution in [0.1, 0.15) is 0 Å². The van der Waals surface area contributed by atoms with Crippen LogP contribution in [-0.2, 0) is 31.5 Å². The van der Waals surface area contributed by atoms with Gasteiger partial charge < -0.3 is 13.7 Å². The van der Waals surface area contributed by atoms with Crippen molar-refractivity contribution in [2.24, 2.45) is 0 Å². The Labute approximate surface area is 121 Å².